The van der Waals surface area contributed by atoms with E-state index >= 15 is 0 Å². The van der Waals surface area contributed by atoms with E-state index in [1.54, 1.807) is 6.07 Å². The lowest BCUT2D eigenvalue weighted by Gasteiger charge is -2.01. The number of carbonyl (C=O) groups excluding carboxylic acids is 1. The second-order valence-electron chi connectivity index (χ2n) is 5.22. The van der Waals surface area contributed by atoms with Gasteiger partial charge in [0.1, 0.15) is 5.82 Å². The highest BCUT2D eigenvalue weighted by molar-refractivity contribution is 7.15. The molecular weight excluding hydrogens is 395 g/mol. The highest BCUT2D eigenvalue weighted by Gasteiger charge is 2.15. The Bertz CT molecular complexity index is 1040. The number of rotatable bonds is 5. The Kier molecular flexibility index (Phi) is 5.53. The molecule has 136 valence electrons. The average molecular weight is 405 g/mol. The summed E-state index contributed by atoms with van der Waals surface area (Å²) in [6, 6.07) is 11.2. The molecule has 0 saturated carbocycles. The standard InChI is InChI=1S/C17H10ClFN4O3S/c18-14(9-10-2-1-3-13(8-10)23(25)26)16-21-22-17(27-16)15(24)20-12-6-4-11(19)5-7-12/h1-9H,(H,20,24)/b14-9+. The van der Waals surface area contributed by atoms with Gasteiger partial charge in [-0.25, -0.2) is 4.39 Å². The fraction of sp³-hybridized carbons (Fsp3) is 0. The number of carbonyl (C=O) groups is 1. The maximum absolute atomic E-state index is 12.9. The Hall–Kier alpha value is -3.17. The van der Waals surface area contributed by atoms with Gasteiger partial charge in [-0.3, -0.25) is 14.9 Å². The van der Waals surface area contributed by atoms with Gasteiger partial charge in [0.2, 0.25) is 5.01 Å². The number of hydrogen-bond donors (Lipinski definition) is 1. The van der Waals surface area contributed by atoms with Crippen molar-refractivity contribution in [1.29, 1.82) is 0 Å². The number of hydrogen-bond acceptors (Lipinski definition) is 6. The van der Waals surface area contributed by atoms with E-state index in [1.807, 2.05) is 0 Å². The molecule has 0 saturated heterocycles. The largest absolute Gasteiger partial charge is 0.320 e. The quantitative estimate of drug-likeness (QED) is 0.496. The van der Waals surface area contributed by atoms with Crippen LogP contribution in [-0.4, -0.2) is 21.0 Å². The number of nitrogens with zero attached hydrogens (tertiary/aromatic N) is 3. The zero-order valence-corrected chi connectivity index (χ0v) is 15.0. The molecule has 0 aliphatic heterocycles. The molecule has 0 spiro atoms. The van der Waals surface area contributed by atoms with Crippen molar-refractivity contribution in [3.05, 3.63) is 80.0 Å². The number of benzene rings is 2. The molecule has 10 heteroatoms. The molecular formula is C17H10ClFN4O3S. The summed E-state index contributed by atoms with van der Waals surface area (Å²) in [5.74, 6) is -0.922. The molecule has 0 aliphatic carbocycles. The molecule has 0 unspecified atom stereocenters. The van der Waals surface area contributed by atoms with Gasteiger partial charge in [-0.15, -0.1) is 10.2 Å². The third kappa shape index (κ3) is 4.72. The van der Waals surface area contributed by atoms with Crippen LogP contribution in [0.1, 0.15) is 20.4 Å². The van der Waals surface area contributed by atoms with Gasteiger partial charge < -0.3 is 5.32 Å². The zero-order valence-electron chi connectivity index (χ0n) is 13.4. The van der Waals surface area contributed by atoms with Crippen LogP contribution in [0.5, 0.6) is 0 Å². The second-order valence-corrected chi connectivity index (χ2v) is 6.60. The fourth-order valence-corrected chi connectivity index (χ4v) is 2.99. The minimum absolute atomic E-state index is 0.0650. The summed E-state index contributed by atoms with van der Waals surface area (Å²) < 4.78 is 12.9. The van der Waals surface area contributed by atoms with Gasteiger partial charge in [-0.1, -0.05) is 35.1 Å². The van der Waals surface area contributed by atoms with Crippen LogP contribution in [0.4, 0.5) is 15.8 Å². The van der Waals surface area contributed by atoms with Gasteiger partial charge in [0, 0.05) is 17.8 Å². The first kappa shape index (κ1) is 18.6. The lowest BCUT2D eigenvalue weighted by atomic mass is 10.2. The molecule has 7 nitrogen and oxygen atoms in total. The maximum Gasteiger partial charge on any atom is 0.286 e. The van der Waals surface area contributed by atoms with Crippen molar-refractivity contribution >= 4 is 51.3 Å². The first-order chi connectivity index (χ1) is 12.9. The summed E-state index contributed by atoms with van der Waals surface area (Å²) in [6.45, 7) is 0. The number of anilines is 1. The molecule has 2 aromatic carbocycles. The summed E-state index contributed by atoms with van der Waals surface area (Å²) >= 11 is 7.15. The third-order valence-corrected chi connectivity index (χ3v) is 4.66. The molecule has 0 atom stereocenters. The van der Waals surface area contributed by atoms with Crippen LogP contribution < -0.4 is 5.32 Å². The number of nitro benzene ring substituents is 1. The van der Waals surface area contributed by atoms with Crippen molar-refractivity contribution < 1.29 is 14.1 Å². The van der Waals surface area contributed by atoms with Crippen molar-refractivity contribution in [3.8, 4) is 0 Å². The van der Waals surface area contributed by atoms with Crippen LogP contribution in [0.15, 0.2) is 48.5 Å². The SMILES string of the molecule is O=C(Nc1ccc(F)cc1)c1nnc(/C(Cl)=C\c2cccc([N+](=O)[O-])c2)s1. The van der Waals surface area contributed by atoms with Crippen LogP contribution in [-0.2, 0) is 0 Å². The Labute approximate surface area is 161 Å². The van der Waals surface area contributed by atoms with Gasteiger partial charge in [0.25, 0.3) is 11.6 Å². The number of nitrogens with one attached hydrogen (secondary N) is 1. The second kappa shape index (κ2) is 8.02. The highest BCUT2D eigenvalue weighted by atomic mass is 35.5. The summed E-state index contributed by atoms with van der Waals surface area (Å²) in [4.78, 5) is 22.5. The van der Waals surface area contributed by atoms with E-state index in [-0.39, 0.29) is 20.7 Å². The number of amides is 1. The van der Waals surface area contributed by atoms with Crippen LogP contribution >= 0.6 is 22.9 Å². The van der Waals surface area contributed by atoms with E-state index in [0.717, 1.165) is 11.3 Å². The minimum Gasteiger partial charge on any atom is -0.320 e. The molecule has 0 radical (unpaired) electrons. The molecule has 0 aliphatic rings. The van der Waals surface area contributed by atoms with E-state index in [0.29, 0.717) is 11.3 Å². The van der Waals surface area contributed by atoms with Crippen molar-refractivity contribution in [2.24, 2.45) is 0 Å². The number of non-ortho nitro benzene ring substituents is 1. The highest BCUT2D eigenvalue weighted by Crippen LogP contribution is 2.26. The fourth-order valence-electron chi connectivity index (χ4n) is 2.07. The smallest absolute Gasteiger partial charge is 0.286 e. The predicted molar refractivity (Wildman–Crippen MR) is 101 cm³/mol. The summed E-state index contributed by atoms with van der Waals surface area (Å²) in [5.41, 5.74) is 0.864. The van der Waals surface area contributed by atoms with Gasteiger partial charge in [0.15, 0.2) is 5.01 Å². The molecule has 0 fully saturated rings. The van der Waals surface area contributed by atoms with Crippen LogP contribution in [0, 0.1) is 15.9 Å². The Balaban J connectivity index is 1.76. The molecule has 3 aromatic rings. The van der Waals surface area contributed by atoms with E-state index in [2.05, 4.69) is 15.5 Å². The number of aromatic nitrogens is 2. The number of nitro groups is 1. The van der Waals surface area contributed by atoms with Crippen LogP contribution in [0.2, 0.25) is 0 Å². The van der Waals surface area contributed by atoms with Gasteiger partial charge in [-0.05, 0) is 35.9 Å². The van der Waals surface area contributed by atoms with E-state index in [1.165, 1.54) is 48.5 Å². The van der Waals surface area contributed by atoms with Crippen molar-refractivity contribution in [2.45, 2.75) is 0 Å². The normalized spacial score (nSPS) is 11.3. The number of halogens is 2. The molecule has 1 heterocycles. The van der Waals surface area contributed by atoms with E-state index in [4.69, 9.17) is 11.6 Å². The van der Waals surface area contributed by atoms with Crippen molar-refractivity contribution in [2.75, 3.05) is 5.32 Å². The molecule has 27 heavy (non-hydrogen) atoms. The first-order valence-electron chi connectivity index (χ1n) is 7.45. The lowest BCUT2D eigenvalue weighted by Crippen LogP contribution is -2.11. The van der Waals surface area contributed by atoms with Crippen LogP contribution in [0.3, 0.4) is 0 Å². The molecule has 1 N–H and O–H groups in total. The van der Waals surface area contributed by atoms with Gasteiger partial charge in [-0.2, -0.15) is 0 Å². The van der Waals surface area contributed by atoms with Crippen LogP contribution in [0.25, 0.3) is 11.1 Å². The molecule has 1 aromatic heterocycles. The Morgan fingerprint density at radius 1 is 1.19 bits per heavy atom. The monoisotopic (exact) mass is 404 g/mol. The van der Waals surface area contributed by atoms with Gasteiger partial charge in [0.05, 0.1) is 9.96 Å². The maximum atomic E-state index is 12.9. The first-order valence-corrected chi connectivity index (χ1v) is 8.64. The van der Waals surface area contributed by atoms with Crippen molar-refractivity contribution in [3.63, 3.8) is 0 Å². The summed E-state index contributed by atoms with van der Waals surface area (Å²) in [7, 11) is 0. The van der Waals surface area contributed by atoms with Gasteiger partial charge >= 0.3 is 0 Å². The summed E-state index contributed by atoms with van der Waals surface area (Å²) in [6.07, 6.45) is 1.50. The third-order valence-electron chi connectivity index (χ3n) is 3.30. The average Bonchev–Trinajstić information content (AvgIpc) is 3.14. The molecule has 3 rings (SSSR count). The lowest BCUT2D eigenvalue weighted by molar-refractivity contribution is -0.384. The molecule has 0 bridgehead atoms. The topological polar surface area (TPSA) is 98.0 Å². The van der Waals surface area contributed by atoms with E-state index < -0.39 is 16.6 Å². The Morgan fingerprint density at radius 2 is 1.89 bits per heavy atom. The van der Waals surface area contributed by atoms with Crippen molar-refractivity contribution in [1.82, 2.24) is 10.2 Å². The zero-order chi connectivity index (χ0) is 19.4. The summed E-state index contributed by atoms with van der Waals surface area (Å²) in [5, 5.41) is 21.6. The minimum atomic E-state index is -0.509. The predicted octanol–water partition coefficient (Wildman–Crippen LogP) is 4.57. The van der Waals surface area contributed by atoms with E-state index in [9.17, 15) is 19.3 Å². The Morgan fingerprint density at radius 3 is 2.59 bits per heavy atom. The molecule has 1 amide bonds.